The van der Waals surface area contributed by atoms with Crippen LogP contribution in [0.15, 0.2) is 12.1 Å². The van der Waals surface area contributed by atoms with Gasteiger partial charge in [0.2, 0.25) is 11.8 Å². The number of hydrogen-bond donors (Lipinski definition) is 1. The first-order valence-electron chi connectivity index (χ1n) is 7.70. The fraction of sp³-hybridized carbons (Fsp3) is 0.500. The Balaban J connectivity index is 1.67. The summed E-state index contributed by atoms with van der Waals surface area (Å²) in [7, 11) is 0. The molecule has 1 aromatic carbocycles. The molecule has 124 valence electrons. The predicted molar refractivity (Wildman–Crippen MR) is 92.2 cm³/mol. The summed E-state index contributed by atoms with van der Waals surface area (Å²) >= 11 is 17.9. The third-order valence-corrected chi connectivity index (χ3v) is 5.60. The van der Waals surface area contributed by atoms with Crippen LogP contribution >= 0.6 is 34.8 Å². The number of nitrogens with one attached hydrogen (secondary N) is 1. The lowest BCUT2D eigenvalue weighted by atomic mass is 10.1. The normalized spacial score (nSPS) is 22.0. The Morgan fingerprint density at radius 2 is 1.74 bits per heavy atom. The van der Waals surface area contributed by atoms with E-state index < -0.39 is 0 Å². The van der Waals surface area contributed by atoms with Gasteiger partial charge in [-0.25, -0.2) is 0 Å². The zero-order chi connectivity index (χ0) is 16.6. The van der Waals surface area contributed by atoms with E-state index in [0.717, 1.165) is 25.7 Å². The van der Waals surface area contributed by atoms with E-state index in [2.05, 4.69) is 5.32 Å². The maximum Gasteiger partial charge on any atom is 0.229 e. The quantitative estimate of drug-likeness (QED) is 0.797. The van der Waals surface area contributed by atoms with Crippen molar-refractivity contribution in [2.24, 2.45) is 5.92 Å². The molecular weight excluding hydrogens is 359 g/mol. The van der Waals surface area contributed by atoms with Crippen molar-refractivity contribution < 1.29 is 9.59 Å². The van der Waals surface area contributed by atoms with Crippen molar-refractivity contribution in [2.45, 2.75) is 38.1 Å². The van der Waals surface area contributed by atoms with Gasteiger partial charge >= 0.3 is 0 Å². The molecule has 0 radical (unpaired) electrons. The third-order valence-electron chi connectivity index (χ3n) is 4.56. The van der Waals surface area contributed by atoms with Crippen LogP contribution in [-0.2, 0) is 9.59 Å². The zero-order valence-corrected chi connectivity index (χ0v) is 14.7. The topological polar surface area (TPSA) is 49.4 Å². The summed E-state index contributed by atoms with van der Waals surface area (Å²) in [5.41, 5.74) is 0.415. The standard InChI is InChI=1S/C16H17Cl3N2O2/c17-11-6-13(19)14(7-12(11)18)20-16(23)9-5-15(22)21(8-9)10-3-1-2-4-10/h6-7,9-10H,1-5,8H2,(H,20,23). The van der Waals surface area contributed by atoms with Gasteiger partial charge in [0.1, 0.15) is 0 Å². The highest BCUT2D eigenvalue weighted by molar-refractivity contribution is 6.44. The highest BCUT2D eigenvalue weighted by Crippen LogP contribution is 2.34. The van der Waals surface area contributed by atoms with Crippen molar-refractivity contribution in [3.05, 3.63) is 27.2 Å². The molecule has 7 heteroatoms. The minimum Gasteiger partial charge on any atom is -0.339 e. The summed E-state index contributed by atoms with van der Waals surface area (Å²) in [5.74, 6) is -0.495. The van der Waals surface area contributed by atoms with Gasteiger partial charge in [-0.1, -0.05) is 47.6 Å². The van der Waals surface area contributed by atoms with E-state index in [0.29, 0.717) is 33.3 Å². The van der Waals surface area contributed by atoms with Crippen molar-refractivity contribution in [1.82, 2.24) is 4.90 Å². The fourth-order valence-corrected chi connectivity index (χ4v) is 3.92. The molecule has 0 bridgehead atoms. The molecule has 1 aliphatic heterocycles. The molecule has 2 aliphatic rings. The van der Waals surface area contributed by atoms with Crippen LogP contribution in [0, 0.1) is 5.92 Å². The number of amides is 2. The molecule has 4 nitrogen and oxygen atoms in total. The molecule has 2 amide bonds. The maximum absolute atomic E-state index is 12.4. The van der Waals surface area contributed by atoms with Gasteiger partial charge in [-0.3, -0.25) is 9.59 Å². The summed E-state index contributed by atoms with van der Waals surface area (Å²) in [6, 6.07) is 3.32. The highest BCUT2D eigenvalue weighted by atomic mass is 35.5. The highest BCUT2D eigenvalue weighted by Gasteiger charge is 2.38. The number of nitrogens with zero attached hydrogens (tertiary/aromatic N) is 1. The first-order valence-corrected chi connectivity index (χ1v) is 8.84. The number of halogens is 3. The summed E-state index contributed by atoms with van der Waals surface area (Å²) < 4.78 is 0. The molecule has 2 fully saturated rings. The van der Waals surface area contributed by atoms with Gasteiger partial charge in [-0.15, -0.1) is 0 Å². The molecule has 0 aromatic heterocycles. The number of likely N-dealkylation sites (tertiary alicyclic amines) is 1. The molecule has 0 spiro atoms. The molecule has 1 saturated heterocycles. The van der Waals surface area contributed by atoms with E-state index in [1.807, 2.05) is 4.90 Å². The zero-order valence-electron chi connectivity index (χ0n) is 12.4. The van der Waals surface area contributed by atoms with Crippen LogP contribution in [-0.4, -0.2) is 29.3 Å². The number of anilines is 1. The minimum atomic E-state index is -0.353. The SMILES string of the molecule is O=C(Nc1cc(Cl)c(Cl)cc1Cl)C1CC(=O)N(C2CCCC2)C1. The molecule has 23 heavy (non-hydrogen) atoms. The molecule has 1 aromatic rings. The second kappa shape index (κ2) is 6.88. The molecule has 1 unspecified atom stereocenters. The Morgan fingerprint density at radius 1 is 1.09 bits per heavy atom. The molecule has 1 heterocycles. The van der Waals surface area contributed by atoms with Gasteiger partial charge in [0, 0.05) is 19.0 Å². The van der Waals surface area contributed by atoms with E-state index in [-0.39, 0.29) is 24.2 Å². The second-order valence-corrected chi connectivity index (χ2v) is 7.34. The van der Waals surface area contributed by atoms with E-state index in [4.69, 9.17) is 34.8 Å². The Bertz CT molecular complexity index is 644. The van der Waals surface area contributed by atoms with Crippen LogP contribution in [0.4, 0.5) is 5.69 Å². The monoisotopic (exact) mass is 374 g/mol. The predicted octanol–water partition coefficient (Wildman–Crippen LogP) is 4.38. The molecule has 1 saturated carbocycles. The summed E-state index contributed by atoms with van der Waals surface area (Å²) in [6.07, 6.45) is 4.65. The minimum absolute atomic E-state index is 0.0669. The fourth-order valence-electron chi connectivity index (χ4n) is 3.33. The van der Waals surface area contributed by atoms with Gasteiger partial charge in [0.15, 0.2) is 0 Å². The van der Waals surface area contributed by atoms with Crippen LogP contribution < -0.4 is 5.32 Å². The molecule has 1 atom stereocenters. The Labute approximate surface area is 150 Å². The van der Waals surface area contributed by atoms with Crippen LogP contribution in [0.3, 0.4) is 0 Å². The first kappa shape index (κ1) is 16.9. The maximum atomic E-state index is 12.4. The van der Waals surface area contributed by atoms with Crippen LogP contribution in [0.2, 0.25) is 15.1 Å². The number of carbonyl (C=O) groups is 2. The Morgan fingerprint density at radius 3 is 2.43 bits per heavy atom. The molecule has 1 aliphatic carbocycles. The van der Waals surface area contributed by atoms with Crippen LogP contribution in [0.5, 0.6) is 0 Å². The van der Waals surface area contributed by atoms with Crippen LogP contribution in [0.1, 0.15) is 32.1 Å². The number of carbonyl (C=O) groups excluding carboxylic acids is 2. The number of rotatable bonds is 3. The lowest BCUT2D eigenvalue weighted by Crippen LogP contribution is -2.35. The Kier molecular flexibility index (Phi) is 5.04. The average molecular weight is 376 g/mol. The number of hydrogen-bond acceptors (Lipinski definition) is 2. The van der Waals surface area contributed by atoms with Crippen molar-refractivity contribution in [3.8, 4) is 0 Å². The first-order chi connectivity index (χ1) is 11.0. The largest absolute Gasteiger partial charge is 0.339 e. The molecule has 3 rings (SSSR count). The smallest absolute Gasteiger partial charge is 0.229 e. The molecular formula is C16H17Cl3N2O2. The van der Waals surface area contributed by atoms with Gasteiger partial charge in [0.05, 0.1) is 26.7 Å². The molecule has 1 N–H and O–H groups in total. The Hall–Kier alpha value is -0.970. The van der Waals surface area contributed by atoms with Crippen molar-refractivity contribution in [2.75, 3.05) is 11.9 Å². The second-order valence-electron chi connectivity index (χ2n) is 6.12. The van der Waals surface area contributed by atoms with Crippen molar-refractivity contribution >= 4 is 52.3 Å². The van der Waals surface area contributed by atoms with Crippen molar-refractivity contribution in [3.63, 3.8) is 0 Å². The van der Waals surface area contributed by atoms with E-state index >= 15 is 0 Å². The van der Waals surface area contributed by atoms with Gasteiger partial charge in [-0.2, -0.15) is 0 Å². The third kappa shape index (κ3) is 3.59. The van der Waals surface area contributed by atoms with E-state index in [9.17, 15) is 9.59 Å². The van der Waals surface area contributed by atoms with Gasteiger partial charge in [-0.05, 0) is 25.0 Å². The van der Waals surface area contributed by atoms with Crippen LogP contribution in [0.25, 0.3) is 0 Å². The summed E-state index contributed by atoms with van der Waals surface area (Å²) in [6.45, 7) is 0.480. The van der Waals surface area contributed by atoms with E-state index in [1.54, 1.807) is 0 Å². The summed E-state index contributed by atoms with van der Waals surface area (Å²) in [5, 5.41) is 3.74. The lowest BCUT2D eigenvalue weighted by molar-refractivity contribution is -0.129. The van der Waals surface area contributed by atoms with Gasteiger partial charge in [0.25, 0.3) is 0 Å². The average Bonchev–Trinajstić information content (AvgIpc) is 3.13. The van der Waals surface area contributed by atoms with Crippen molar-refractivity contribution in [1.29, 1.82) is 0 Å². The summed E-state index contributed by atoms with van der Waals surface area (Å²) in [4.78, 5) is 26.5. The van der Waals surface area contributed by atoms with Gasteiger partial charge < -0.3 is 10.2 Å². The van der Waals surface area contributed by atoms with E-state index in [1.165, 1.54) is 12.1 Å². The number of benzene rings is 1. The lowest BCUT2D eigenvalue weighted by Gasteiger charge is -2.23.